The van der Waals surface area contributed by atoms with E-state index in [0.717, 1.165) is 38.8 Å². The van der Waals surface area contributed by atoms with E-state index in [1.165, 1.54) is 6.42 Å². The molecule has 3 unspecified atom stereocenters. The molecular weight excluding hydrogens is 264 g/mol. The summed E-state index contributed by atoms with van der Waals surface area (Å²) in [6, 6.07) is 0.251. The lowest BCUT2D eigenvalue weighted by Gasteiger charge is -2.51. The van der Waals surface area contributed by atoms with E-state index in [1.54, 1.807) is 0 Å². The Balaban J connectivity index is 2.31. The average Bonchev–Trinajstić information content (AvgIpc) is 2.44. The Bertz CT molecular complexity index is 312. The van der Waals surface area contributed by atoms with Crippen LogP contribution in [0.3, 0.4) is 0 Å². The Hall–Kier alpha value is -0.610. The molecule has 124 valence electrons. The van der Waals surface area contributed by atoms with Gasteiger partial charge in [0, 0.05) is 24.5 Å². The second-order valence-electron chi connectivity index (χ2n) is 6.89. The predicted molar refractivity (Wildman–Crippen MR) is 87.0 cm³/mol. The summed E-state index contributed by atoms with van der Waals surface area (Å²) >= 11 is 0. The Morgan fingerprint density at radius 1 is 1.33 bits per heavy atom. The van der Waals surface area contributed by atoms with Crippen LogP contribution in [0.5, 0.6) is 0 Å². The molecule has 1 aliphatic carbocycles. The van der Waals surface area contributed by atoms with Crippen molar-refractivity contribution in [2.45, 2.75) is 78.4 Å². The zero-order chi connectivity index (χ0) is 15.9. The summed E-state index contributed by atoms with van der Waals surface area (Å²) in [6.07, 6.45) is 6.16. The Morgan fingerprint density at radius 2 is 2.05 bits per heavy atom. The molecule has 1 rings (SSSR count). The molecule has 1 fully saturated rings. The van der Waals surface area contributed by atoms with E-state index in [-0.39, 0.29) is 23.5 Å². The number of nitrogens with two attached hydrogens (primary N) is 1. The quantitative estimate of drug-likeness (QED) is 0.652. The van der Waals surface area contributed by atoms with Crippen LogP contribution in [0.4, 0.5) is 0 Å². The number of hydrogen-bond acceptors (Lipinski definition) is 3. The lowest BCUT2D eigenvalue weighted by molar-refractivity contribution is -0.136. The van der Waals surface area contributed by atoms with Gasteiger partial charge in [-0.05, 0) is 38.6 Å². The first-order valence-electron chi connectivity index (χ1n) is 8.56. The summed E-state index contributed by atoms with van der Waals surface area (Å²) in [5.41, 5.74) is 5.69. The summed E-state index contributed by atoms with van der Waals surface area (Å²) in [4.78, 5) is 12.1. The van der Waals surface area contributed by atoms with E-state index in [0.29, 0.717) is 12.3 Å². The van der Waals surface area contributed by atoms with Gasteiger partial charge in [0.05, 0.1) is 6.10 Å². The van der Waals surface area contributed by atoms with E-state index in [2.05, 4.69) is 26.1 Å². The highest BCUT2D eigenvalue weighted by atomic mass is 16.5. The van der Waals surface area contributed by atoms with Crippen molar-refractivity contribution in [3.8, 4) is 0 Å². The number of rotatable bonds is 10. The minimum Gasteiger partial charge on any atom is -0.378 e. The fourth-order valence-corrected chi connectivity index (χ4v) is 3.29. The van der Waals surface area contributed by atoms with Crippen LogP contribution in [0, 0.1) is 11.3 Å². The van der Waals surface area contributed by atoms with Gasteiger partial charge in [-0.3, -0.25) is 4.79 Å². The molecule has 0 radical (unpaired) electrons. The third-order valence-corrected chi connectivity index (χ3v) is 4.93. The maximum absolute atomic E-state index is 12.1. The van der Waals surface area contributed by atoms with Gasteiger partial charge < -0.3 is 15.8 Å². The van der Waals surface area contributed by atoms with Gasteiger partial charge in [-0.2, -0.15) is 0 Å². The molecule has 4 nitrogen and oxygen atoms in total. The molecule has 1 saturated carbocycles. The zero-order valence-corrected chi connectivity index (χ0v) is 14.3. The van der Waals surface area contributed by atoms with Gasteiger partial charge in [-0.15, -0.1) is 0 Å². The van der Waals surface area contributed by atoms with Crippen molar-refractivity contribution in [3.63, 3.8) is 0 Å². The second-order valence-corrected chi connectivity index (χ2v) is 6.89. The number of amides is 1. The Labute approximate surface area is 130 Å². The number of hydrogen-bond donors (Lipinski definition) is 2. The van der Waals surface area contributed by atoms with E-state index in [1.807, 2.05) is 6.92 Å². The highest BCUT2D eigenvalue weighted by Gasteiger charge is 2.49. The van der Waals surface area contributed by atoms with Crippen molar-refractivity contribution in [3.05, 3.63) is 0 Å². The number of nitrogens with one attached hydrogen (secondary N) is 1. The van der Waals surface area contributed by atoms with E-state index >= 15 is 0 Å². The molecule has 0 bridgehead atoms. The van der Waals surface area contributed by atoms with Crippen molar-refractivity contribution in [1.82, 2.24) is 5.32 Å². The van der Waals surface area contributed by atoms with Crippen LogP contribution in [0.25, 0.3) is 0 Å². The van der Waals surface area contributed by atoms with Gasteiger partial charge in [0.25, 0.3) is 0 Å². The number of ether oxygens (including phenoxy) is 1. The molecule has 4 heteroatoms. The molecule has 0 aliphatic heterocycles. The first kappa shape index (κ1) is 18.4. The first-order chi connectivity index (χ1) is 9.95. The molecule has 1 aliphatic rings. The number of carbonyl (C=O) groups excluding carboxylic acids is 1. The van der Waals surface area contributed by atoms with Crippen LogP contribution in [0.1, 0.15) is 66.2 Å². The van der Waals surface area contributed by atoms with Gasteiger partial charge >= 0.3 is 0 Å². The molecule has 1 amide bonds. The third kappa shape index (κ3) is 5.26. The van der Waals surface area contributed by atoms with Gasteiger partial charge in [0.15, 0.2) is 0 Å². The molecular formula is C17H34N2O2. The van der Waals surface area contributed by atoms with Gasteiger partial charge in [0.1, 0.15) is 0 Å². The monoisotopic (exact) mass is 298 g/mol. The van der Waals surface area contributed by atoms with Crippen molar-refractivity contribution in [2.24, 2.45) is 17.1 Å². The lowest BCUT2D eigenvalue weighted by atomic mass is 9.64. The maximum atomic E-state index is 12.1. The fraction of sp³-hybridized carbons (Fsp3) is 0.941. The van der Waals surface area contributed by atoms with Gasteiger partial charge in [-0.25, -0.2) is 0 Å². The highest BCUT2D eigenvalue weighted by molar-refractivity contribution is 5.76. The van der Waals surface area contributed by atoms with Crippen LogP contribution in [-0.4, -0.2) is 31.2 Å². The zero-order valence-electron chi connectivity index (χ0n) is 14.3. The molecule has 3 atom stereocenters. The van der Waals surface area contributed by atoms with E-state index in [4.69, 9.17) is 10.5 Å². The van der Waals surface area contributed by atoms with Crippen LogP contribution < -0.4 is 11.1 Å². The van der Waals surface area contributed by atoms with Crippen molar-refractivity contribution < 1.29 is 9.53 Å². The fourth-order valence-electron chi connectivity index (χ4n) is 3.29. The molecule has 0 spiro atoms. The minimum absolute atomic E-state index is 0.0474. The van der Waals surface area contributed by atoms with Crippen LogP contribution >= 0.6 is 0 Å². The van der Waals surface area contributed by atoms with Crippen molar-refractivity contribution in [2.75, 3.05) is 13.2 Å². The largest absolute Gasteiger partial charge is 0.378 e. The topological polar surface area (TPSA) is 64.4 Å². The van der Waals surface area contributed by atoms with Crippen LogP contribution in [-0.2, 0) is 9.53 Å². The molecule has 3 N–H and O–H groups in total. The first-order valence-corrected chi connectivity index (χ1v) is 8.56. The molecule has 21 heavy (non-hydrogen) atoms. The van der Waals surface area contributed by atoms with Gasteiger partial charge in [0.2, 0.25) is 5.91 Å². The normalized spacial score (nSPS) is 25.2. The Kier molecular flexibility index (Phi) is 7.67. The molecule has 0 aromatic rings. The smallest absolute Gasteiger partial charge is 0.220 e. The maximum Gasteiger partial charge on any atom is 0.220 e. The summed E-state index contributed by atoms with van der Waals surface area (Å²) < 4.78 is 5.70. The van der Waals surface area contributed by atoms with Crippen LogP contribution in [0.15, 0.2) is 0 Å². The summed E-state index contributed by atoms with van der Waals surface area (Å²) in [5, 5.41) is 3.18. The molecule has 0 aromatic heterocycles. The molecule has 0 saturated heterocycles. The Morgan fingerprint density at radius 3 is 2.57 bits per heavy atom. The second kappa shape index (κ2) is 8.74. The summed E-state index contributed by atoms with van der Waals surface area (Å²) in [5.74, 6) is 0.775. The third-order valence-electron chi connectivity index (χ3n) is 4.93. The van der Waals surface area contributed by atoms with Gasteiger partial charge in [-0.1, -0.05) is 33.6 Å². The highest BCUT2D eigenvalue weighted by Crippen LogP contribution is 2.42. The number of carbonyl (C=O) groups is 1. The predicted octanol–water partition coefficient (Wildman–Crippen LogP) is 2.85. The van der Waals surface area contributed by atoms with Crippen molar-refractivity contribution >= 4 is 5.91 Å². The average molecular weight is 298 g/mol. The summed E-state index contributed by atoms with van der Waals surface area (Å²) in [7, 11) is 0. The SMILES string of the molecule is CCCC(CCN)CCC(=O)NC1CC(OCC)C1(C)C. The van der Waals surface area contributed by atoms with Crippen molar-refractivity contribution in [1.29, 1.82) is 0 Å². The lowest BCUT2D eigenvalue weighted by Crippen LogP contribution is -2.62. The molecule has 0 aromatic carbocycles. The van der Waals surface area contributed by atoms with Crippen LogP contribution in [0.2, 0.25) is 0 Å². The summed E-state index contributed by atoms with van der Waals surface area (Å²) in [6.45, 7) is 10.0. The molecule has 0 heterocycles. The standard InChI is InChI=1S/C17H34N2O2/c1-5-7-13(10-11-18)8-9-16(20)19-14-12-15(21-6-2)17(14,3)4/h13-15H,5-12,18H2,1-4H3,(H,19,20). The van der Waals surface area contributed by atoms with E-state index < -0.39 is 0 Å². The minimum atomic E-state index is 0.0474. The van der Waals surface area contributed by atoms with E-state index in [9.17, 15) is 4.79 Å².